The van der Waals surface area contributed by atoms with Gasteiger partial charge in [0.05, 0.1) is 45.2 Å². The van der Waals surface area contributed by atoms with Gasteiger partial charge in [-0.2, -0.15) is 0 Å². The van der Waals surface area contributed by atoms with Gasteiger partial charge in [-0.3, -0.25) is 9.59 Å². The number of hydrogen-bond donors (Lipinski definition) is 1. The number of carbonyl (C=O) groups is 1. The summed E-state index contributed by atoms with van der Waals surface area (Å²) < 4.78 is 5.87. The number of nitrogens with one attached hydrogen (secondary N) is 1. The molecule has 7 nitrogen and oxygen atoms in total. The van der Waals surface area contributed by atoms with Crippen LogP contribution < -0.4 is 5.56 Å². The molecule has 1 aliphatic rings. The minimum atomic E-state index is -0.213. The molecule has 36 heavy (non-hydrogen) atoms. The highest BCUT2D eigenvalue weighted by atomic mass is 32.1. The predicted octanol–water partition coefficient (Wildman–Crippen LogP) is 5.02. The summed E-state index contributed by atoms with van der Waals surface area (Å²) in [7, 11) is 0. The van der Waals surface area contributed by atoms with Gasteiger partial charge in [-0.15, -0.1) is 11.3 Å². The first kappa shape index (κ1) is 22.6. The fraction of sp³-hybridized carbons (Fsp3) is 0.214. The Morgan fingerprint density at radius 2 is 1.81 bits per heavy atom. The molecule has 180 valence electrons. The molecule has 1 N–H and O–H groups in total. The fourth-order valence-electron chi connectivity index (χ4n) is 4.72. The van der Waals surface area contributed by atoms with Crippen molar-refractivity contribution in [1.82, 2.24) is 19.9 Å². The van der Waals surface area contributed by atoms with Gasteiger partial charge in [-0.05, 0) is 48.6 Å². The van der Waals surface area contributed by atoms with E-state index in [1.54, 1.807) is 22.3 Å². The molecule has 0 spiro atoms. The second-order valence-corrected chi connectivity index (χ2v) is 9.85. The number of pyridine rings is 1. The van der Waals surface area contributed by atoms with Crippen LogP contribution in [0.15, 0.2) is 76.9 Å². The molecule has 1 aliphatic heterocycles. The standard InChI is InChI=1S/C28H24N4O3S/c33-27-20-9-2-4-11-23(20)30-26(31-27)17-32(16-18-7-5-13-35-18)28(34)21-15-24(25-12-6-14-36-25)29-22-10-3-1-8-19(21)22/h1-4,6,8-12,14-15,18H,5,7,13,16-17H2,(H,30,31,33). The molecule has 1 saturated heterocycles. The molecule has 1 fully saturated rings. The van der Waals surface area contributed by atoms with E-state index in [1.807, 2.05) is 66.0 Å². The van der Waals surface area contributed by atoms with Crippen molar-refractivity contribution < 1.29 is 9.53 Å². The van der Waals surface area contributed by atoms with E-state index in [-0.39, 0.29) is 24.1 Å². The third-order valence-electron chi connectivity index (χ3n) is 6.46. The predicted molar refractivity (Wildman–Crippen MR) is 141 cm³/mol. The van der Waals surface area contributed by atoms with Crippen LogP contribution in [0.2, 0.25) is 0 Å². The number of para-hydroxylation sites is 2. The third kappa shape index (κ3) is 4.41. The van der Waals surface area contributed by atoms with E-state index in [1.165, 1.54) is 0 Å². The summed E-state index contributed by atoms with van der Waals surface area (Å²) in [5, 5.41) is 3.32. The molecule has 0 bridgehead atoms. The molecule has 8 heteroatoms. The second-order valence-electron chi connectivity index (χ2n) is 8.90. The van der Waals surface area contributed by atoms with Crippen molar-refractivity contribution in [2.24, 2.45) is 0 Å². The Morgan fingerprint density at radius 3 is 2.56 bits per heavy atom. The first-order valence-electron chi connectivity index (χ1n) is 12.0. The number of thiophene rings is 1. The Bertz CT molecular complexity index is 1610. The summed E-state index contributed by atoms with van der Waals surface area (Å²) in [6, 6.07) is 20.8. The van der Waals surface area contributed by atoms with E-state index in [2.05, 4.69) is 9.97 Å². The summed E-state index contributed by atoms with van der Waals surface area (Å²) >= 11 is 1.59. The van der Waals surface area contributed by atoms with E-state index < -0.39 is 0 Å². The van der Waals surface area contributed by atoms with Gasteiger partial charge >= 0.3 is 0 Å². The maximum atomic E-state index is 14.1. The van der Waals surface area contributed by atoms with Crippen LogP contribution in [0.1, 0.15) is 29.0 Å². The molecule has 6 rings (SSSR count). The third-order valence-corrected chi connectivity index (χ3v) is 7.35. The second kappa shape index (κ2) is 9.64. The Kier molecular flexibility index (Phi) is 6.04. The van der Waals surface area contributed by atoms with Gasteiger partial charge < -0.3 is 14.6 Å². The quantitative estimate of drug-likeness (QED) is 0.357. The van der Waals surface area contributed by atoms with Crippen LogP contribution in [-0.2, 0) is 11.3 Å². The van der Waals surface area contributed by atoms with Gasteiger partial charge in [0.15, 0.2) is 0 Å². The largest absolute Gasteiger partial charge is 0.376 e. The topological polar surface area (TPSA) is 88.2 Å². The number of hydrogen-bond acceptors (Lipinski definition) is 6. The number of aromatic nitrogens is 3. The molecule has 1 atom stereocenters. The maximum Gasteiger partial charge on any atom is 0.258 e. The van der Waals surface area contributed by atoms with Crippen molar-refractivity contribution in [1.29, 1.82) is 0 Å². The highest BCUT2D eigenvalue weighted by molar-refractivity contribution is 7.13. The lowest BCUT2D eigenvalue weighted by atomic mass is 10.0. The lowest BCUT2D eigenvalue weighted by Crippen LogP contribution is -2.38. The summed E-state index contributed by atoms with van der Waals surface area (Å²) in [6.07, 6.45) is 1.81. The number of ether oxygens (including phenoxy) is 1. The van der Waals surface area contributed by atoms with Gasteiger partial charge in [0, 0.05) is 18.5 Å². The van der Waals surface area contributed by atoms with Gasteiger partial charge in [-0.25, -0.2) is 9.97 Å². The van der Waals surface area contributed by atoms with Crippen molar-refractivity contribution in [2.45, 2.75) is 25.5 Å². The number of H-pyrrole nitrogens is 1. The summed E-state index contributed by atoms with van der Waals surface area (Å²) in [5.74, 6) is 0.305. The van der Waals surface area contributed by atoms with E-state index in [0.717, 1.165) is 34.3 Å². The van der Waals surface area contributed by atoms with E-state index in [9.17, 15) is 9.59 Å². The Balaban J connectivity index is 1.43. The number of aromatic amines is 1. The number of amides is 1. The van der Waals surface area contributed by atoms with Crippen molar-refractivity contribution in [3.05, 3.63) is 93.9 Å². The molecule has 2 aromatic carbocycles. The number of fused-ring (bicyclic) bond motifs is 2. The van der Waals surface area contributed by atoms with Crippen molar-refractivity contribution in [3.63, 3.8) is 0 Å². The number of nitrogens with zero attached hydrogens (tertiary/aromatic N) is 3. The molecule has 3 aromatic heterocycles. The number of carbonyl (C=O) groups excluding carboxylic acids is 1. The molecular weight excluding hydrogens is 472 g/mol. The van der Waals surface area contributed by atoms with Crippen LogP contribution in [0.5, 0.6) is 0 Å². The zero-order valence-corrected chi connectivity index (χ0v) is 20.3. The molecule has 1 amide bonds. The minimum Gasteiger partial charge on any atom is -0.376 e. The summed E-state index contributed by atoms with van der Waals surface area (Å²) in [4.78, 5) is 41.9. The number of benzene rings is 2. The van der Waals surface area contributed by atoms with Crippen LogP contribution in [0, 0.1) is 0 Å². The van der Waals surface area contributed by atoms with Crippen molar-refractivity contribution >= 4 is 39.0 Å². The molecule has 4 heterocycles. The van der Waals surface area contributed by atoms with Crippen LogP contribution in [-0.4, -0.2) is 45.0 Å². The smallest absolute Gasteiger partial charge is 0.258 e. The lowest BCUT2D eigenvalue weighted by Gasteiger charge is -2.26. The molecule has 5 aromatic rings. The maximum absolute atomic E-state index is 14.1. The average molecular weight is 497 g/mol. The summed E-state index contributed by atoms with van der Waals surface area (Å²) in [6.45, 7) is 1.28. The molecule has 0 radical (unpaired) electrons. The fourth-order valence-corrected chi connectivity index (χ4v) is 5.40. The van der Waals surface area contributed by atoms with E-state index in [4.69, 9.17) is 9.72 Å². The normalized spacial score (nSPS) is 15.5. The minimum absolute atomic E-state index is 0.0500. The van der Waals surface area contributed by atoms with E-state index in [0.29, 0.717) is 35.4 Å². The van der Waals surface area contributed by atoms with Crippen LogP contribution in [0.4, 0.5) is 0 Å². The highest BCUT2D eigenvalue weighted by Gasteiger charge is 2.26. The van der Waals surface area contributed by atoms with Crippen LogP contribution >= 0.6 is 11.3 Å². The molecule has 0 aliphatic carbocycles. The zero-order chi connectivity index (χ0) is 24.5. The van der Waals surface area contributed by atoms with Crippen LogP contribution in [0.25, 0.3) is 32.4 Å². The molecular formula is C28H24N4O3S. The van der Waals surface area contributed by atoms with Gasteiger partial charge in [0.25, 0.3) is 11.5 Å². The monoisotopic (exact) mass is 496 g/mol. The van der Waals surface area contributed by atoms with E-state index >= 15 is 0 Å². The average Bonchev–Trinajstić information content (AvgIpc) is 3.62. The number of rotatable bonds is 6. The van der Waals surface area contributed by atoms with Gasteiger partial charge in [0.2, 0.25) is 0 Å². The molecule has 1 unspecified atom stereocenters. The van der Waals surface area contributed by atoms with Crippen molar-refractivity contribution in [2.75, 3.05) is 13.2 Å². The van der Waals surface area contributed by atoms with Crippen molar-refractivity contribution in [3.8, 4) is 10.6 Å². The van der Waals surface area contributed by atoms with Gasteiger partial charge in [0.1, 0.15) is 5.82 Å². The Hall–Kier alpha value is -3.88. The zero-order valence-electron chi connectivity index (χ0n) is 19.5. The Labute approximate surface area is 211 Å². The molecule has 0 saturated carbocycles. The van der Waals surface area contributed by atoms with Crippen LogP contribution in [0.3, 0.4) is 0 Å². The highest BCUT2D eigenvalue weighted by Crippen LogP contribution is 2.29. The first-order chi connectivity index (χ1) is 17.7. The SMILES string of the molecule is O=C(c1cc(-c2cccs2)nc2ccccc12)N(Cc1nc2ccccc2c(=O)[nH]1)CC1CCCO1. The lowest BCUT2D eigenvalue weighted by molar-refractivity contribution is 0.0502. The first-order valence-corrected chi connectivity index (χ1v) is 12.9. The Morgan fingerprint density at radius 1 is 1.03 bits per heavy atom. The van der Waals surface area contributed by atoms with Gasteiger partial charge in [-0.1, -0.05) is 36.4 Å². The summed E-state index contributed by atoms with van der Waals surface area (Å²) in [5.41, 5.74) is 2.50.